The van der Waals surface area contributed by atoms with E-state index in [1.54, 1.807) is 0 Å². The van der Waals surface area contributed by atoms with Crippen molar-refractivity contribution >= 4 is 33.0 Å². The van der Waals surface area contributed by atoms with Crippen LogP contribution in [-0.4, -0.2) is 0 Å². The highest BCUT2D eigenvalue weighted by Gasteiger charge is 2.41. The highest BCUT2D eigenvalue weighted by molar-refractivity contribution is 7.28. The molecular weight excluding hydrogens is 477 g/mol. The van der Waals surface area contributed by atoms with E-state index in [0.29, 0.717) is 0 Å². The Morgan fingerprint density at radius 2 is 0.743 bits per heavy atom. The molecule has 0 spiro atoms. The van der Waals surface area contributed by atoms with E-state index >= 15 is 0 Å². The first-order valence-corrected chi connectivity index (χ1v) is 13.4. The van der Waals surface area contributed by atoms with Crippen molar-refractivity contribution in [2.75, 3.05) is 0 Å². The molecule has 0 aliphatic carbocycles. The molecule has 0 heterocycles. The molecule has 2 unspecified atom stereocenters. The topological polar surface area (TPSA) is 0 Å². The molecule has 0 bridgehead atoms. The van der Waals surface area contributed by atoms with Gasteiger partial charge in [-0.15, -0.1) is 18.5 Å². The highest BCUT2D eigenvalue weighted by atomic mass is 31.0. The number of hydrogen-bond donors (Lipinski definition) is 0. The summed E-state index contributed by atoms with van der Waals surface area (Å²) < 4.78 is 0. The molecule has 0 saturated carbocycles. The second kappa shape index (κ2) is 10.2. The monoisotopic (exact) mass is 505 g/mol. The highest BCUT2D eigenvalue weighted by Crippen LogP contribution is 2.53. The number of rotatable bonds is 6. The molecular formula is C32H28P3. The second-order valence-corrected chi connectivity index (χ2v) is 11.1. The van der Waals surface area contributed by atoms with Crippen molar-refractivity contribution < 1.29 is 0 Å². The minimum absolute atomic E-state index is 0.452. The summed E-state index contributed by atoms with van der Waals surface area (Å²) in [6.07, 6.45) is 0. The lowest BCUT2D eigenvalue weighted by atomic mass is 9.75. The van der Waals surface area contributed by atoms with Gasteiger partial charge < -0.3 is 0 Å². The van der Waals surface area contributed by atoms with Gasteiger partial charge in [0.15, 0.2) is 0 Å². The van der Waals surface area contributed by atoms with Gasteiger partial charge >= 0.3 is 0 Å². The number of hydrogen-bond acceptors (Lipinski definition) is 0. The van der Waals surface area contributed by atoms with Crippen LogP contribution in [0, 0.1) is 0 Å². The quantitative estimate of drug-likeness (QED) is 0.163. The van der Waals surface area contributed by atoms with Gasteiger partial charge in [-0.05, 0) is 38.7 Å². The van der Waals surface area contributed by atoms with Crippen LogP contribution in [0.1, 0.15) is 33.4 Å². The zero-order valence-electron chi connectivity index (χ0n) is 19.4. The summed E-state index contributed by atoms with van der Waals surface area (Å²) in [5.41, 5.74) is 7.34. The van der Waals surface area contributed by atoms with Crippen LogP contribution in [0.15, 0.2) is 140 Å². The van der Waals surface area contributed by atoms with Gasteiger partial charge in [0.25, 0.3) is 0 Å². The van der Waals surface area contributed by atoms with Crippen LogP contribution in [-0.2, 0) is 10.3 Å². The first kappa shape index (κ1) is 24.1. The van der Waals surface area contributed by atoms with E-state index in [1.807, 2.05) is 0 Å². The Hall–Kier alpha value is -2.61. The fraction of sp³-hybridized carbons (Fsp3) is 0.0625. The zero-order valence-corrected chi connectivity index (χ0v) is 22.7. The SMILES string of the molecule is [PH]c1cccc(C(P)(c2ccccc2)c2ccccc2)c1C(P)(c1ccccc1)c1ccccc1. The number of benzene rings is 5. The fourth-order valence-electron chi connectivity index (χ4n) is 5.04. The van der Waals surface area contributed by atoms with E-state index in [1.165, 1.54) is 33.4 Å². The molecule has 5 aromatic carbocycles. The predicted molar refractivity (Wildman–Crippen MR) is 159 cm³/mol. The molecule has 35 heavy (non-hydrogen) atoms. The maximum absolute atomic E-state index is 4.06. The van der Waals surface area contributed by atoms with Crippen LogP contribution in [0.4, 0.5) is 0 Å². The van der Waals surface area contributed by atoms with Crippen molar-refractivity contribution in [3.8, 4) is 0 Å². The normalized spacial score (nSPS) is 11.9. The molecule has 0 amide bonds. The van der Waals surface area contributed by atoms with Crippen LogP contribution in [0.2, 0.25) is 0 Å². The Bertz CT molecular complexity index is 1320. The third kappa shape index (κ3) is 4.30. The fourth-order valence-corrected chi connectivity index (χ4v) is 6.94. The lowest BCUT2D eigenvalue weighted by Gasteiger charge is -2.40. The lowest BCUT2D eigenvalue weighted by molar-refractivity contribution is 0.823. The molecule has 0 aliphatic rings. The van der Waals surface area contributed by atoms with Gasteiger partial charge in [0.05, 0.1) is 10.3 Å². The van der Waals surface area contributed by atoms with Gasteiger partial charge in [-0.3, -0.25) is 0 Å². The van der Waals surface area contributed by atoms with Crippen molar-refractivity contribution in [2.24, 2.45) is 0 Å². The maximum Gasteiger partial charge on any atom is 0.0600 e. The van der Waals surface area contributed by atoms with E-state index < -0.39 is 10.3 Å². The molecule has 0 N–H and O–H groups in total. The van der Waals surface area contributed by atoms with Crippen LogP contribution in [0.5, 0.6) is 0 Å². The molecule has 2 atom stereocenters. The maximum atomic E-state index is 4.06. The van der Waals surface area contributed by atoms with Crippen molar-refractivity contribution in [1.82, 2.24) is 0 Å². The molecule has 0 aromatic heterocycles. The Morgan fingerprint density at radius 1 is 0.400 bits per heavy atom. The van der Waals surface area contributed by atoms with Crippen molar-refractivity contribution in [3.63, 3.8) is 0 Å². The molecule has 5 rings (SSSR count). The van der Waals surface area contributed by atoms with Crippen molar-refractivity contribution in [3.05, 3.63) is 173 Å². The van der Waals surface area contributed by atoms with Crippen LogP contribution >= 0.6 is 27.7 Å². The van der Waals surface area contributed by atoms with Gasteiger partial charge in [0.2, 0.25) is 0 Å². The van der Waals surface area contributed by atoms with E-state index in [9.17, 15) is 0 Å². The minimum atomic E-state index is -0.471. The van der Waals surface area contributed by atoms with Gasteiger partial charge in [-0.2, -0.15) is 0 Å². The summed E-state index contributed by atoms with van der Waals surface area (Å²) in [6, 6.07) is 49.6. The summed E-state index contributed by atoms with van der Waals surface area (Å²) in [5.74, 6) is 0. The summed E-state index contributed by atoms with van der Waals surface area (Å²) in [7, 11) is 10.5. The summed E-state index contributed by atoms with van der Waals surface area (Å²) in [6.45, 7) is 0. The Labute approximate surface area is 215 Å². The van der Waals surface area contributed by atoms with Gasteiger partial charge in [-0.25, -0.2) is 0 Å². The van der Waals surface area contributed by atoms with Crippen LogP contribution in [0.25, 0.3) is 0 Å². The third-order valence-electron chi connectivity index (χ3n) is 6.80. The van der Waals surface area contributed by atoms with Crippen LogP contribution < -0.4 is 5.30 Å². The van der Waals surface area contributed by atoms with E-state index in [4.69, 9.17) is 0 Å². The van der Waals surface area contributed by atoms with Crippen molar-refractivity contribution in [2.45, 2.75) is 10.3 Å². The summed E-state index contributed by atoms with van der Waals surface area (Å²) in [5, 5.41) is 0.150. The molecule has 0 nitrogen and oxygen atoms in total. The van der Waals surface area contributed by atoms with Crippen molar-refractivity contribution in [1.29, 1.82) is 0 Å². The molecule has 0 fully saturated rings. The summed E-state index contributed by atoms with van der Waals surface area (Å²) >= 11 is 0. The average molecular weight is 505 g/mol. The summed E-state index contributed by atoms with van der Waals surface area (Å²) in [4.78, 5) is 0. The first-order chi connectivity index (χ1) is 17.1. The smallest absolute Gasteiger partial charge is 0.0600 e. The van der Waals surface area contributed by atoms with Gasteiger partial charge in [0, 0.05) is 0 Å². The van der Waals surface area contributed by atoms with Crippen LogP contribution in [0.3, 0.4) is 0 Å². The molecule has 1 radical (unpaired) electrons. The predicted octanol–water partition coefficient (Wildman–Crippen LogP) is 7.79. The minimum Gasteiger partial charge on any atom is -0.117 e. The Balaban J connectivity index is 1.89. The lowest BCUT2D eigenvalue weighted by Crippen LogP contribution is -2.33. The van der Waals surface area contributed by atoms with Gasteiger partial charge in [0.1, 0.15) is 0 Å². The third-order valence-corrected chi connectivity index (χ3v) is 9.15. The molecule has 0 aliphatic heterocycles. The van der Waals surface area contributed by atoms with Gasteiger partial charge in [-0.1, -0.05) is 149 Å². The Kier molecular flexibility index (Phi) is 7.00. The van der Waals surface area contributed by atoms with E-state index in [-0.39, 0.29) is 0 Å². The first-order valence-electron chi connectivity index (χ1n) is 11.7. The molecule has 5 aromatic rings. The standard InChI is InChI=1S/C32H28P3/c33-29-23-13-22-28(31(34,24-14-5-1-6-15-24)25-16-7-2-8-17-25)30(29)32(35,26-18-9-3-10-19-26)27-20-11-4-12-21-27/h1-23,33H,34-35H2. The zero-order chi connectivity index (χ0) is 24.3. The van der Waals surface area contributed by atoms with E-state index in [2.05, 4.69) is 167 Å². The second-order valence-electron chi connectivity index (χ2n) is 8.81. The molecule has 3 heteroatoms. The Morgan fingerprint density at radius 3 is 1.11 bits per heavy atom. The average Bonchev–Trinajstić information content (AvgIpc) is 2.94. The largest absolute Gasteiger partial charge is 0.117 e. The van der Waals surface area contributed by atoms with E-state index in [0.717, 1.165) is 5.30 Å². The molecule has 0 saturated heterocycles. The molecule has 171 valence electrons.